The van der Waals surface area contributed by atoms with E-state index in [-0.39, 0.29) is 5.91 Å². The standard InChI is InChI=1S/C19H25N5O/c1-14-12-17(18(25)20-9-11-23(2)3)22-19(21-14)24-10-8-15-6-4-5-7-16(15)13-24/h4-7,12H,8-11,13H2,1-3H3,(H,20,25). The van der Waals surface area contributed by atoms with E-state index in [0.29, 0.717) is 18.2 Å². The number of aromatic nitrogens is 2. The molecule has 3 rings (SSSR count). The fraction of sp³-hybridized carbons (Fsp3) is 0.421. The largest absolute Gasteiger partial charge is 0.349 e. The number of aryl methyl sites for hydroxylation is 1. The van der Waals surface area contributed by atoms with Crippen LogP contribution in [0.5, 0.6) is 0 Å². The van der Waals surface area contributed by atoms with E-state index in [0.717, 1.165) is 31.7 Å². The molecule has 0 spiro atoms. The van der Waals surface area contributed by atoms with Crippen molar-refractivity contribution in [3.63, 3.8) is 0 Å². The maximum atomic E-state index is 12.4. The molecule has 2 aromatic rings. The van der Waals surface area contributed by atoms with Crippen LogP contribution in [0.2, 0.25) is 0 Å². The molecule has 1 aromatic heterocycles. The molecule has 0 bridgehead atoms. The Bertz CT molecular complexity index is 759. The van der Waals surface area contributed by atoms with Gasteiger partial charge in [-0.15, -0.1) is 0 Å². The van der Waals surface area contributed by atoms with E-state index in [2.05, 4.69) is 44.5 Å². The summed E-state index contributed by atoms with van der Waals surface area (Å²) in [6.07, 6.45) is 0.970. The van der Waals surface area contributed by atoms with Gasteiger partial charge in [-0.1, -0.05) is 24.3 Å². The van der Waals surface area contributed by atoms with Gasteiger partial charge in [0.25, 0.3) is 5.91 Å². The molecule has 1 aliphatic heterocycles. The van der Waals surface area contributed by atoms with Crippen molar-refractivity contribution in [3.05, 3.63) is 52.8 Å². The molecule has 6 heteroatoms. The van der Waals surface area contributed by atoms with Crippen molar-refractivity contribution < 1.29 is 4.79 Å². The van der Waals surface area contributed by atoms with Gasteiger partial charge in [0, 0.05) is 31.9 Å². The summed E-state index contributed by atoms with van der Waals surface area (Å²) in [5.74, 6) is 0.485. The number of nitrogens with zero attached hydrogens (tertiary/aromatic N) is 4. The Balaban J connectivity index is 1.75. The lowest BCUT2D eigenvalue weighted by molar-refractivity contribution is 0.0946. The van der Waals surface area contributed by atoms with Gasteiger partial charge in [0.2, 0.25) is 5.95 Å². The number of likely N-dealkylation sites (N-methyl/N-ethyl adjacent to an activating group) is 1. The molecular formula is C19H25N5O. The van der Waals surface area contributed by atoms with Crippen LogP contribution in [0.15, 0.2) is 30.3 Å². The van der Waals surface area contributed by atoms with E-state index in [1.807, 2.05) is 25.9 Å². The van der Waals surface area contributed by atoms with Crippen LogP contribution in [0.3, 0.4) is 0 Å². The zero-order valence-electron chi connectivity index (χ0n) is 15.1. The number of rotatable bonds is 5. The van der Waals surface area contributed by atoms with Crippen LogP contribution < -0.4 is 10.2 Å². The molecule has 0 radical (unpaired) electrons. The van der Waals surface area contributed by atoms with E-state index in [1.165, 1.54) is 11.1 Å². The predicted molar refractivity (Wildman–Crippen MR) is 98.9 cm³/mol. The molecule has 0 aliphatic carbocycles. The van der Waals surface area contributed by atoms with E-state index >= 15 is 0 Å². The normalized spacial score (nSPS) is 13.7. The number of carbonyl (C=O) groups excluding carboxylic acids is 1. The summed E-state index contributed by atoms with van der Waals surface area (Å²) in [6, 6.07) is 10.2. The SMILES string of the molecule is Cc1cc(C(=O)NCCN(C)C)nc(N2CCc3ccccc3C2)n1. The van der Waals surface area contributed by atoms with Crippen LogP contribution in [0.4, 0.5) is 5.95 Å². The zero-order valence-corrected chi connectivity index (χ0v) is 15.1. The number of fused-ring (bicyclic) bond motifs is 1. The molecule has 1 aliphatic rings. The Labute approximate surface area is 148 Å². The smallest absolute Gasteiger partial charge is 0.270 e. The second-order valence-electron chi connectivity index (χ2n) is 6.69. The second-order valence-corrected chi connectivity index (χ2v) is 6.69. The molecule has 2 heterocycles. The van der Waals surface area contributed by atoms with Crippen LogP contribution in [0, 0.1) is 6.92 Å². The monoisotopic (exact) mass is 339 g/mol. The lowest BCUT2D eigenvalue weighted by atomic mass is 10.0. The molecule has 25 heavy (non-hydrogen) atoms. The van der Waals surface area contributed by atoms with Crippen LogP contribution in [-0.2, 0) is 13.0 Å². The van der Waals surface area contributed by atoms with Crippen molar-refractivity contribution in [2.45, 2.75) is 19.9 Å². The molecule has 0 saturated carbocycles. The molecule has 0 fully saturated rings. The number of benzene rings is 1. The molecule has 0 saturated heterocycles. The van der Waals surface area contributed by atoms with E-state index < -0.39 is 0 Å². The molecule has 1 N–H and O–H groups in total. The first-order valence-corrected chi connectivity index (χ1v) is 8.63. The van der Waals surface area contributed by atoms with Crippen molar-refractivity contribution in [2.24, 2.45) is 0 Å². The molecule has 6 nitrogen and oxygen atoms in total. The van der Waals surface area contributed by atoms with Crippen molar-refractivity contribution in [1.29, 1.82) is 0 Å². The zero-order chi connectivity index (χ0) is 17.8. The van der Waals surface area contributed by atoms with Crippen molar-refractivity contribution in [2.75, 3.05) is 38.6 Å². The van der Waals surface area contributed by atoms with Gasteiger partial charge in [-0.3, -0.25) is 4.79 Å². The summed E-state index contributed by atoms with van der Waals surface area (Å²) < 4.78 is 0. The predicted octanol–water partition coefficient (Wildman–Crippen LogP) is 1.64. The van der Waals surface area contributed by atoms with Crippen LogP contribution in [0.1, 0.15) is 27.3 Å². The molecule has 1 aromatic carbocycles. The Morgan fingerprint density at radius 2 is 2.00 bits per heavy atom. The van der Waals surface area contributed by atoms with Gasteiger partial charge >= 0.3 is 0 Å². The number of nitrogens with one attached hydrogen (secondary N) is 1. The van der Waals surface area contributed by atoms with Crippen molar-refractivity contribution in [3.8, 4) is 0 Å². The molecular weight excluding hydrogens is 314 g/mol. The Kier molecular flexibility index (Phi) is 5.28. The van der Waals surface area contributed by atoms with Gasteiger partial charge in [0.1, 0.15) is 5.69 Å². The summed E-state index contributed by atoms with van der Waals surface area (Å²) in [5.41, 5.74) is 3.92. The quantitative estimate of drug-likeness (QED) is 0.897. The third-order valence-corrected chi connectivity index (χ3v) is 4.33. The lowest BCUT2D eigenvalue weighted by Crippen LogP contribution is -2.34. The average Bonchev–Trinajstić information content (AvgIpc) is 2.60. The van der Waals surface area contributed by atoms with Gasteiger partial charge in [0.05, 0.1) is 0 Å². The molecule has 132 valence electrons. The Morgan fingerprint density at radius 1 is 1.24 bits per heavy atom. The highest BCUT2D eigenvalue weighted by atomic mass is 16.1. The number of carbonyl (C=O) groups is 1. The first kappa shape index (κ1) is 17.4. The average molecular weight is 339 g/mol. The Morgan fingerprint density at radius 3 is 2.76 bits per heavy atom. The molecule has 0 atom stereocenters. The first-order chi connectivity index (χ1) is 12.0. The highest BCUT2D eigenvalue weighted by molar-refractivity contribution is 5.92. The van der Waals surface area contributed by atoms with Crippen molar-refractivity contribution >= 4 is 11.9 Å². The highest BCUT2D eigenvalue weighted by Gasteiger charge is 2.20. The minimum atomic E-state index is -0.147. The van der Waals surface area contributed by atoms with E-state index in [1.54, 1.807) is 6.07 Å². The van der Waals surface area contributed by atoms with Crippen LogP contribution in [-0.4, -0.2) is 54.5 Å². The summed E-state index contributed by atoms with van der Waals surface area (Å²) in [4.78, 5) is 25.6. The number of amides is 1. The molecule has 0 unspecified atom stereocenters. The summed E-state index contributed by atoms with van der Waals surface area (Å²) in [6.45, 7) is 4.94. The van der Waals surface area contributed by atoms with E-state index in [4.69, 9.17) is 0 Å². The minimum absolute atomic E-state index is 0.147. The number of hydrogen-bond acceptors (Lipinski definition) is 5. The minimum Gasteiger partial charge on any atom is -0.349 e. The first-order valence-electron chi connectivity index (χ1n) is 8.63. The van der Waals surface area contributed by atoms with Gasteiger partial charge < -0.3 is 15.1 Å². The molecule has 1 amide bonds. The highest BCUT2D eigenvalue weighted by Crippen LogP contribution is 2.22. The maximum Gasteiger partial charge on any atom is 0.270 e. The van der Waals surface area contributed by atoms with Gasteiger partial charge in [-0.05, 0) is 44.6 Å². The van der Waals surface area contributed by atoms with E-state index in [9.17, 15) is 4.79 Å². The summed E-state index contributed by atoms with van der Waals surface area (Å²) in [7, 11) is 3.96. The number of hydrogen-bond donors (Lipinski definition) is 1. The van der Waals surface area contributed by atoms with Crippen molar-refractivity contribution in [1.82, 2.24) is 20.2 Å². The summed E-state index contributed by atoms with van der Waals surface area (Å²) in [5, 5.41) is 2.91. The topological polar surface area (TPSA) is 61.4 Å². The van der Waals surface area contributed by atoms with Gasteiger partial charge in [0.15, 0.2) is 0 Å². The third kappa shape index (κ3) is 4.33. The maximum absolute atomic E-state index is 12.4. The van der Waals surface area contributed by atoms with Gasteiger partial charge in [-0.25, -0.2) is 9.97 Å². The summed E-state index contributed by atoms with van der Waals surface area (Å²) >= 11 is 0. The number of anilines is 1. The second kappa shape index (κ2) is 7.61. The van der Waals surface area contributed by atoms with Crippen LogP contribution >= 0.6 is 0 Å². The lowest BCUT2D eigenvalue weighted by Gasteiger charge is -2.29. The van der Waals surface area contributed by atoms with Crippen LogP contribution in [0.25, 0.3) is 0 Å². The fourth-order valence-corrected chi connectivity index (χ4v) is 2.96. The fourth-order valence-electron chi connectivity index (χ4n) is 2.96. The Hall–Kier alpha value is -2.47. The third-order valence-electron chi connectivity index (χ3n) is 4.33. The van der Waals surface area contributed by atoms with Gasteiger partial charge in [-0.2, -0.15) is 0 Å².